The molecule has 1 aliphatic heterocycles. The fourth-order valence-electron chi connectivity index (χ4n) is 2.98. The average Bonchev–Trinajstić information content (AvgIpc) is 2.82. The van der Waals surface area contributed by atoms with Crippen LogP contribution < -0.4 is 0 Å². The summed E-state index contributed by atoms with van der Waals surface area (Å²) in [5.74, 6) is 0.238. The predicted octanol–water partition coefficient (Wildman–Crippen LogP) is 1.22. The van der Waals surface area contributed by atoms with Gasteiger partial charge in [0.05, 0.1) is 11.4 Å². The Morgan fingerprint density at radius 3 is 2.58 bits per heavy atom. The Morgan fingerprint density at radius 1 is 1.37 bits per heavy atom. The first-order valence-corrected chi connectivity index (χ1v) is 8.77. The van der Waals surface area contributed by atoms with Gasteiger partial charge in [-0.05, 0) is 33.2 Å². The van der Waals surface area contributed by atoms with E-state index >= 15 is 0 Å². The van der Waals surface area contributed by atoms with E-state index in [9.17, 15) is 8.42 Å². The van der Waals surface area contributed by atoms with Gasteiger partial charge >= 0.3 is 0 Å². The monoisotopic (exact) mass is 285 g/mol. The van der Waals surface area contributed by atoms with Crippen LogP contribution in [0.15, 0.2) is 0 Å². The molecule has 0 spiro atoms. The van der Waals surface area contributed by atoms with Crippen LogP contribution in [-0.4, -0.2) is 48.2 Å². The summed E-state index contributed by atoms with van der Waals surface area (Å²) in [4.78, 5) is 2.29. The fourth-order valence-corrected chi connectivity index (χ4v) is 3.54. The first-order valence-electron chi connectivity index (χ1n) is 6.71. The molecule has 0 radical (unpaired) electrons. The maximum absolute atomic E-state index is 11.3. The largest absolute Gasteiger partial charge is 0.295 e. The number of likely N-dealkylation sites (tertiary alicyclic amines) is 1. The Hall–Kier alpha value is -0.880. The number of sulfone groups is 1. The molecule has 1 fully saturated rings. The second-order valence-electron chi connectivity index (χ2n) is 5.53. The predicted molar refractivity (Wildman–Crippen MR) is 75.9 cm³/mol. The van der Waals surface area contributed by atoms with Crippen molar-refractivity contribution in [2.45, 2.75) is 32.7 Å². The molecule has 0 amide bonds. The van der Waals surface area contributed by atoms with Crippen LogP contribution in [0.25, 0.3) is 0 Å². The number of hydrogen-bond acceptors (Lipinski definition) is 4. The minimum atomic E-state index is -2.89. The molecular weight excluding hydrogens is 262 g/mol. The molecule has 0 aromatic carbocycles. The van der Waals surface area contributed by atoms with Gasteiger partial charge < -0.3 is 0 Å². The Kier molecular flexibility index (Phi) is 4.01. The molecule has 0 unspecified atom stereocenters. The number of aromatic nitrogens is 2. The molecule has 1 atom stereocenters. The summed E-state index contributed by atoms with van der Waals surface area (Å²) in [6.45, 7) is 5.73. The lowest BCUT2D eigenvalue weighted by Gasteiger charge is -2.24. The standard InChI is InChI=1S/C13H23N3O2S/c1-10-13(11(2)15(3)14-10)12-6-5-7-16(12)8-9-19(4,17)18/h12H,5-9H2,1-4H3/t12-/m1/s1. The molecule has 5 nitrogen and oxygen atoms in total. The zero-order valence-corrected chi connectivity index (χ0v) is 13.0. The molecule has 1 aromatic heterocycles. The van der Waals surface area contributed by atoms with Crippen LogP contribution in [0.3, 0.4) is 0 Å². The first-order chi connectivity index (χ1) is 8.79. The van der Waals surface area contributed by atoms with Gasteiger partial charge in [0.1, 0.15) is 9.84 Å². The summed E-state index contributed by atoms with van der Waals surface area (Å²) in [6, 6.07) is 0.329. The van der Waals surface area contributed by atoms with E-state index < -0.39 is 9.84 Å². The Morgan fingerprint density at radius 2 is 2.05 bits per heavy atom. The van der Waals surface area contributed by atoms with Crippen molar-refractivity contribution >= 4 is 9.84 Å². The highest BCUT2D eigenvalue weighted by molar-refractivity contribution is 7.90. The smallest absolute Gasteiger partial charge is 0.148 e. The quantitative estimate of drug-likeness (QED) is 0.834. The zero-order chi connectivity index (χ0) is 14.2. The lowest BCUT2D eigenvalue weighted by molar-refractivity contribution is 0.271. The number of nitrogens with zero attached hydrogens (tertiary/aromatic N) is 3. The lowest BCUT2D eigenvalue weighted by atomic mass is 10.0. The van der Waals surface area contributed by atoms with Gasteiger partial charge in [-0.3, -0.25) is 9.58 Å². The van der Waals surface area contributed by atoms with Gasteiger partial charge in [0.2, 0.25) is 0 Å². The lowest BCUT2D eigenvalue weighted by Crippen LogP contribution is -2.29. The van der Waals surface area contributed by atoms with Crippen molar-refractivity contribution in [2.75, 3.05) is 25.1 Å². The van der Waals surface area contributed by atoms with E-state index in [1.54, 1.807) is 0 Å². The van der Waals surface area contributed by atoms with Gasteiger partial charge in [-0.1, -0.05) is 0 Å². The normalized spacial score (nSPS) is 21.2. The van der Waals surface area contributed by atoms with Crippen LogP contribution in [-0.2, 0) is 16.9 Å². The van der Waals surface area contributed by atoms with Crippen molar-refractivity contribution in [3.8, 4) is 0 Å². The number of hydrogen-bond donors (Lipinski definition) is 0. The minimum Gasteiger partial charge on any atom is -0.295 e. The molecule has 108 valence electrons. The molecule has 2 heterocycles. The van der Waals surface area contributed by atoms with Crippen LogP contribution in [0, 0.1) is 13.8 Å². The molecule has 0 saturated carbocycles. The van der Waals surface area contributed by atoms with Crippen molar-refractivity contribution in [1.29, 1.82) is 0 Å². The van der Waals surface area contributed by atoms with Gasteiger partial charge in [0, 0.05) is 37.1 Å². The number of rotatable bonds is 4. The van der Waals surface area contributed by atoms with E-state index in [0.717, 1.165) is 25.1 Å². The second kappa shape index (κ2) is 5.25. The van der Waals surface area contributed by atoms with Crippen LogP contribution in [0.5, 0.6) is 0 Å². The molecule has 1 aliphatic rings. The fraction of sp³-hybridized carbons (Fsp3) is 0.769. The van der Waals surface area contributed by atoms with Crippen molar-refractivity contribution < 1.29 is 8.42 Å². The van der Waals surface area contributed by atoms with Gasteiger partial charge in [0.25, 0.3) is 0 Å². The maximum Gasteiger partial charge on any atom is 0.148 e. The summed E-state index contributed by atoms with van der Waals surface area (Å²) in [5, 5.41) is 4.47. The second-order valence-corrected chi connectivity index (χ2v) is 7.79. The Bertz CT molecular complexity index is 563. The highest BCUT2D eigenvalue weighted by Crippen LogP contribution is 2.35. The topological polar surface area (TPSA) is 55.2 Å². The molecular formula is C13H23N3O2S. The van der Waals surface area contributed by atoms with E-state index in [1.807, 2.05) is 18.7 Å². The van der Waals surface area contributed by atoms with Gasteiger partial charge in [-0.15, -0.1) is 0 Å². The van der Waals surface area contributed by atoms with Crippen LogP contribution in [0.4, 0.5) is 0 Å². The van der Waals surface area contributed by atoms with Gasteiger partial charge in [-0.25, -0.2) is 8.42 Å². The molecule has 0 aliphatic carbocycles. The molecule has 1 aromatic rings. The molecule has 19 heavy (non-hydrogen) atoms. The highest BCUT2D eigenvalue weighted by Gasteiger charge is 2.30. The van der Waals surface area contributed by atoms with E-state index in [-0.39, 0.29) is 5.75 Å². The SMILES string of the molecule is Cc1nn(C)c(C)c1[C@H]1CCCN1CCS(C)(=O)=O. The van der Waals surface area contributed by atoms with Gasteiger partial charge in [-0.2, -0.15) is 5.10 Å². The van der Waals surface area contributed by atoms with Crippen molar-refractivity contribution in [1.82, 2.24) is 14.7 Å². The van der Waals surface area contributed by atoms with E-state index in [2.05, 4.69) is 16.9 Å². The van der Waals surface area contributed by atoms with Crippen molar-refractivity contribution in [2.24, 2.45) is 7.05 Å². The average molecular weight is 285 g/mol. The van der Waals surface area contributed by atoms with Gasteiger partial charge in [0.15, 0.2) is 0 Å². The molecule has 1 saturated heterocycles. The summed E-state index contributed by atoms with van der Waals surface area (Å²) in [7, 11) is -0.935. The van der Waals surface area contributed by atoms with E-state index in [0.29, 0.717) is 12.6 Å². The van der Waals surface area contributed by atoms with Crippen molar-refractivity contribution in [3.05, 3.63) is 17.0 Å². The van der Waals surface area contributed by atoms with E-state index in [4.69, 9.17) is 0 Å². The van der Waals surface area contributed by atoms with Crippen LogP contribution in [0.1, 0.15) is 35.8 Å². The van der Waals surface area contributed by atoms with Crippen molar-refractivity contribution in [3.63, 3.8) is 0 Å². The minimum absolute atomic E-state index is 0.238. The third kappa shape index (κ3) is 3.17. The summed E-state index contributed by atoms with van der Waals surface area (Å²) in [5.41, 5.74) is 3.54. The number of aryl methyl sites for hydroxylation is 2. The summed E-state index contributed by atoms with van der Waals surface area (Å²) in [6.07, 6.45) is 3.53. The maximum atomic E-state index is 11.3. The zero-order valence-electron chi connectivity index (χ0n) is 12.2. The van der Waals surface area contributed by atoms with E-state index in [1.165, 1.54) is 17.5 Å². The van der Waals surface area contributed by atoms with Crippen LogP contribution >= 0.6 is 0 Å². The first kappa shape index (κ1) is 14.5. The summed E-state index contributed by atoms with van der Waals surface area (Å²) >= 11 is 0. The van der Waals surface area contributed by atoms with Crippen LogP contribution in [0.2, 0.25) is 0 Å². The third-order valence-corrected chi connectivity index (χ3v) is 4.94. The Labute approximate surface area is 115 Å². The molecule has 6 heteroatoms. The highest BCUT2D eigenvalue weighted by atomic mass is 32.2. The molecule has 0 bridgehead atoms. The molecule has 0 N–H and O–H groups in total. The summed E-state index contributed by atoms with van der Waals surface area (Å²) < 4.78 is 24.6. The molecule has 2 rings (SSSR count). The third-order valence-electron chi connectivity index (χ3n) is 4.01. The Balaban J connectivity index is 2.19.